The first kappa shape index (κ1) is 24.8. The first-order valence-corrected chi connectivity index (χ1v) is 11.8. The van der Waals surface area contributed by atoms with Gasteiger partial charge in [-0.3, -0.25) is 9.59 Å². The van der Waals surface area contributed by atoms with E-state index in [0.29, 0.717) is 35.1 Å². The summed E-state index contributed by atoms with van der Waals surface area (Å²) in [4.78, 5) is 36.4. The van der Waals surface area contributed by atoms with E-state index in [0.717, 1.165) is 16.6 Å². The Hall–Kier alpha value is -4.33. The Morgan fingerprint density at radius 1 is 0.944 bits per heavy atom. The van der Waals surface area contributed by atoms with Crippen LogP contribution in [-0.2, 0) is 16.1 Å². The minimum Gasteiger partial charge on any atom is -0.483 e. The molecular weight excluding hydrogens is 458 g/mol. The zero-order valence-electron chi connectivity index (χ0n) is 20.2. The van der Waals surface area contributed by atoms with Crippen molar-refractivity contribution >= 4 is 39.6 Å². The van der Waals surface area contributed by atoms with Crippen molar-refractivity contribution in [2.45, 2.75) is 32.9 Å². The molecule has 3 aromatic carbocycles. The normalized spacial score (nSPS) is 12.1. The summed E-state index contributed by atoms with van der Waals surface area (Å²) in [5.41, 5.74) is 8.79. The molecule has 0 saturated carbocycles. The molecule has 0 fully saturated rings. The molecule has 2 amide bonds. The predicted molar refractivity (Wildman–Crippen MR) is 138 cm³/mol. The van der Waals surface area contributed by atoms with Gasteiger partial charge in [-0.25, -0.2) is 4.79 Å². The zero-order chi connectivity index (χ0) is 25.8. The van der Waals surface area contributed by atoms with E-state index in [9.17, 15) is 19.5 Å². The second kappa shape index (κ2) is 10.5. The lowest BCUT2D eigenvalue weighted by atomic mass is 10.0. The van der Waals surface area contributed by atoms with Crippen LogP contribution >= 0.6 is 0 Å². The summed E-state index contributed by atoms with van der Waals surface area (Å²) in [5, 5.41) is 13.3. The highest BCUT2D eigenvalue weighted by molar-refractivity contribution is 6.19. The lowest BCUT2D eigenvalue weighted by Crippen LogP contribution is -2.43. The van der Waals surface area contributed by atoms with Crippen LogP contribution in [-0.4, -0.2) is 40.1 Å². The smallest absolute Gasteiger partial charge is 0.326 e. The molecule has 8 nitrogen and oxygen atoms in total. The second-order valence-corrected chi connectivity index (χ2v) is 9.16. The van der Waals surface area contributed by atoms with Crippen molar-refractivity contribution in [1.82, 2.24) is 9.88 Å². The maximum atomic E-state index is 12.6. The number of fused-ring (bicyclic) bond motifs is 3. The number of aliphatic carboxylic acids is 1. The van der Waals surface area contributed by atoms with Crippen LogP contribution in [0.25, 0.3) is 21.8 Å². The Kier molecular flexibility index (Phi) is 7.24. The predicted octanol–water partition coefficient (Wildman–Crippen LogP) is 3.94. The number of carbonyl (C=O) groups is 3. The number of carboxylic acid groups (broad SMARTS) is 1. The van der Waals surface area contributed by atoms with E-state index in [-0.39, 0.29) is 12.5 Å². The van der Waals surface area contributed by atoms with Gasteiger partial charge in [-0.05, 0) is 42.2 Å². The maximum Gasteiger partial charge on any atom is 0.326 e. The Morgan fingerprint density at radius 3 is 2.25 bits per heavy atom. The Morgan fingerprint density at radius 2 is 1.61 bits per heavy atom. The molecule has 186 valence electrons. The number of benzene rings is 3. The first-order valence-electron chi connectivity index (χ1n) is 11.8. The lowest BCUT2D eigenvalue weighted by Gasteiger charge is -2.17. The molecule has 0 spiro atoms. The first-order chi connectivity index (χ1) is 17.3. The van der Waals surface area contributed by atoms with Crippen LogP contribution in [0, 0.1) is 5.92 Å². The molecule has 4 rings (SSSR count). The topological polar surface area (TPSA) is 124 Å². The average Bonchev–Trinajstić information content (AvgIpc) is 3.16. The summed E-state index contributed by atoms with van der Waals surface area (Å²) >= 11 is 0. The van der Waals surface area contributed by atoms with Crippen molar-refractivity contribution < 1.29 is 24.2 Å². The van der Waals surface area contributed by atoms with E-state index in [1.807, 2.05) is 62.4 Å². The molecule has 0 aliphatic rings. The fourth-order valence-corrected chi connectivity index (χ4v) is 4.49. The fourth-order valence-electron chi connectivity index (χ4n) is 4.49. The van der Waals surface area contributed by atoms with Crippen molar-refractivity contribution in [2.24, 2.45) is 11.7 Å². The molecule has 0 aliphatic carbocycles. The number of nitrogens with two attached hydrogens (primary N) is 1. The largest absolute Gasteiger partial charge is 0.483 e. The Labute approximate surface area is 208 Å². The number of amides is 2. The van der Waals surface area contributed by atoms with Crippen LogP contribution in [0.1, 0.15) is 36.2 Å². The molecule has 36 heavy (non-hydrogen) atoms. The molecule has 0 radical (unpaired) electrons. The number of nitrogens with one attached hydrogen (secondary N) is 1. The van der Waals surface area contributed by atoms with Crippen LogP contribution in [0.5, 0.6) is 5.75 Å². The third-order valence-electron chi connectivity index (χ3n) is 6.03. The number of rotatable bonds is 10. The van der Waals surface area contributed by atoms with Gasteiger partial charge in [0, 0.05) is 17.5 Å². The number of aromatic nitrogens is 1. The van der Waals surface area contributed by atoms with E-state index in [4.69, 9.17) is 10.5 Å². The molecular formula is C28H29N3O5. The number of hydrogen-bond donors (Lipinski definition) is 3. The standard InChI is InChI=1S/C28H29N3O5/c1-17(2)14-20(28(34)35)30-24(32)16-36-23-13-7-12-22-26(23)25-19(27(29)33)10-6-11-21(25)31(22)15-18-8-4-3-5-9-18/h3-13,17,20H,14-16H2,1-2H3,(H2,29,33)(H,30,32)(H,34,35). The van der Waals surface area contributed by atoms with Crippen molar-refractivity contribution in [2.75, 3.05) is 6.61 Å². The third kappa shape index (κ3) is 5.17. The molecule has 0 saturated heterocycles. The summed E-state index contributed by atoms with van der Waals surface area (Å²) in [7, 11) is 0. The second-order valence-electron chi connectivity index (χ2n) is 9.16. The van der Waals surface area contributed by atoms with Crippen molar-refractivity contribution in [1.29, 1.82) is 0 Å². The summed E-state index contributed by atoms with van der Waals surface area (Å²) < 4.78 is 7.99. The molecule has 4 N–H and O–H groups in total. The van der Waals surface area contributed by atoms with E-state index in [1.54, 1.807) is 18.2 Å². The van der Waals surface area contributed by atoms with E-state index in [1.165, 1.54) is 0 Å². The van der Waals surface area contributed by atoms with Crippen LogP contribution in [0.2, 0.25) is 0 Å². The minimum absolute atomic E-state index is 0.101. The lowest BCUT2D eigenvalue weighted by molar-refractivity contribution is -0.142. The van der Waals surface area contributed by atoms with Gasteiger partial charge in [0.2, 0.25) is 5.91 Å². The summed E-state index contributed by atoms with van der Waals surface area (Å²) in [6, 6.07) is 19.8. The highest BCUT2D eigenvalue weighted by atomic mass is 16.5. The Bertz CT molecular complexity index is 1430. The molecule has 0 aliphatic heterocycles. The summed E-state index contributed by atoms with van der Waals surface area (Å²) in [6.07, 6.45) is 0.311. The number of carbonyl (C=O) groups excluding carboxylic acids is 2. The summed E-state index contributed by atoms with van der Waals surface area (Å²) in [6.45, 7) is 3.97. The number of primary amides is 1. The number of nitrogens with zero attached hydrogens (tertiary/aromatic N) is 1. The molecule has 8 heteroatoms. The molecule has 1 aromatic heterocycles. The minimum atomic E-state index is -1.09. The summed E-state index contributed by atoms with van der Waals surface area (Å²) in [5.74, 6) is -1.68. The van der Waals surface area contributed by atoms with Gasteiger partial charge in [-0.2, -0.15) is 0 Å². The quantitative estimate of drug-likeness (QED) is 0.313. The van der Waals surface area contributed by atoms with Gasteiger partial charge in [0.25, 0.3) is 5.91 Å². The zero-order valence-corrected chi connectivity index (χ0v) is 20.2. The monoisotopic (exact) mass is 487 g/mol. The van der Waals surface area contributed by atoms with Gasteiger partial charge in [0.1, 0.15) is 11.8 Å². The SMILES string of the molecule is CC(C)CC(NC(=O)COc1cccc2c1c1c(C(N)=O)cccc1n2Cc1ccccc1)C(=O)O. The van der Waals surface area contributed by atoms with E-state index < -0.39 is 23.8 Å². The highest BCUT2D eigenvalue weighted by Gasteiger charge is 2.23. The number of carboxylic acids is 1. The van der Waals surface area contributed by atoms with Crippen LogP contribution < -0.4 is 15.8 Å². The van der Waals surface area contributed by atoms with E-state index in [2.05, 4.69) is 9.88 Å². The van der Waals surface area contributed by atoms with Gasteiger partial charge in [-0.1, -0.05) is 56.3 Å². The van der Waals surface area contributed by atoms with Crippen molar-refractivity contribution in [3.8, 4) is 5.75 Å². The number of ether oxygens (including phenoxy) is 1. The third-order valence-corrected chi connectivity index (χ3v) is 6.03. The van der Waals surface area contributed by atoms with E-state index >= 15 is 0 Å². The van der Waals surface area contributed by atoms with Gasteiger partial charge in [-0.15, -0.1) is 0 Å². The van der Waals surface area contributed by atoms with Gasteiger partial charge in [0.15, 0.2) is 6.61 Å². The van der Waals surface area contributed by atoms with Crippen LogP contribution in [0.3, 0.4) is 0 Å². The molecule has 1 unspecified atom stereocenters. The molecule has 0 bridgehead atoms. The molecule has 1 atom stereocenters. The molecule has 1 heterocycles. The van der Waals surface area contributed by atoms with Crippen molar-refractivity contribution in [3.05, 3.63) is 77.9 Å². The van der Waals surface area contributed by atoms with Crippen molar-refractivity contribution in [3.63, 3.8) is 0 Å². The van der Waals surface area contributed by atoms with Gasteiger partial charge >= 0.3 is 5.97 Å². The highest BCUT2D eigenvalue weighted by Crippen LogP contribution is 2.38. The average molecular weight is 488 g/mol. The van der Waals surface area contributed by atoms with Crippen LogP contribution in [0.15, 0.2) is 66.7 Å². The fraction of sp³-hybridized carbons (Fsp3) is 0.250. The van der Waals surface area contributed by atoms with Crippen LogP contribution in [0.4, 0.5) is 0 Å². The maximum absolute atomic E-state index is 12.6. The molecule has 4 aromatic rings. The van der Waals surface area contributed by atoms with Gasteiger partial charge in [0.05, 0.1) is 16.4 Å². The Balaban J connectivity index is 1.74. The van der Waals surface area contributed by atoms with Gasteiger partial charge < -0.3 is 25.5 Å². The number of hydrogen-bond acceptors (Lipinski definition) is 4.